The third-order valence-corrected chi connectivity index (χ3v) is 1.80. The maximum atomic E-state index is 12.3. The number of nitrogens with zero attached hydrogens (tertiary/aromatic N) is 1. The van der Waals surface area contributed by atoms with Crippen molar-refractivity contribution in [2.24, 2.45) is 0 Å². The van der Waals surface area contributed by atoms with Crippen LogP contribution in [0.5, 0.6) is 0 Å². The Bertz CT molecular complexity index is 507. The second-order valence-electron chi connectivity index (χ2n) is 2.85. The molecule has 0 unspecified atom stereocenters. The summed E-state index contributed by atoms with van der Waals surface area (Å²) in [6.07, 6.45) is -8.85. The van der Waals surface area contributed by atoms with Crippen LogP contribution in [0, 0.1) is 10.1 Å². The number of rotatable bonds is 2. The van der Waals surface area contributed by atoms with E-state index in [2.05, 4.69) is 0 Å². The molecule has 0 amide bonds. The summed E-state index contributed by atoms with van der Waals surface area (Å²) in [5, 5.41) is 10.3. The van der Waals surface area contributed by atoms with E-state index in [0.717, 1.165) is 0 Å². The Balaban J connectivity index is 3.62. The number of pyridine rings is 1. The Morgan fingerprint density at radius 3 is 2.24 bits per heavy atom. The minimum absolute atomic E-state index is 0.00759. The average molecular weight is 258 g/mol. The summed E-state index contributed by atoms with van der Waals surface area (Å²) in [7, 11) is 0. The van der Waals surface area contributed by atoms with Crippen LogP contribution in [0.25, 0.3) is 0 Å². The molecule has 0 bridgehead atoms. The van der Waals surface area contributed by atoms with Crippen LogP contribution in [-0.2, 0) is 6.18 Å². The number of aromatic amines is 1. The number of H-pyrrole nitrogens is 1. The van der Waals surface area contributed by atoms with Crippen molar-refractivity contribution in [3.8, 4) is 0 Å². The Morgan fingerprint density at radius 1 is 1.35 bits per heavy atom. The third kappa shape index (κ3) is 2.40. The van der Waals surface area contributed by atoms with Crippen molar-refractivity contribution < 1.29 is 26.9 Å². The molecule has 1 aromatic rings. The lowest BCUT2D eigenvalue weighted by atomic mass is 10.1. The maximum Gasteiger partial charge on any atom is 0.423 e. The number of alkyl halides is 5. The molecule has 1 aromatic heterocycles. The largest absolute Gasteiger partial charge is 0.423 e. The van der Waals surface area contributed by atoms with E-state index in [1.54, 1.807) is 0 Å². The quantitative estimate of drug-likeness (QED) is 0.502. The number of nitrogens with one attached hydrogen (secondary N) is 1. The van der Waals surface area contributed by atoms with E-state index in [1.807, 2.05) is 0 Å². The van der Waals surface area contributed by atoms with Gasteiger partial charge in [0, 0.05) is 0 Å². The Kier molecular flexibility index (Phi) is 3.16. The van der Waals surface area contributed by atoms with Gasteiger partial charge in [-0.1, -0.05) is 0 Å². The topological polar surface area (TPSA) is 76.0 Å². The summed E-state index contributed by atoms with van der Waals surface area (Å²) in [6.45, 7) is 0. The highest BCUT2D eigenvalue weighted by Gasteiger charge is 2.39. The monoisotopic (exact) mass is 258 g/mol. The average Bonchev–Trinajstić information content (AvgIpc) is 2.13. The molecule has 0 aliphatic rings. The van der Waals surface area contributed by atoms with Crippen LogP contribution in [0.1, 0.15) is 17.6 Å². The van der Waals surface area contributed by atoms with Gasteiger partial charge in [-0.25, -0.2) is 13.8 Å². The molecule has 0 aliphatic carbocycles. The van der Waals surface area contributed by atoms with Gasteiger partial charge in [0.15, 0.2) is 5.56 Å². The van der Waals surface area contributed by atoms with E-state index in [4.69, 9.17) is 0 Å². The van der Waals surface area contributed by atoms with Gasteiger partial charge in [-0.2, -0.15) is 13.2 Å². The van der Waals surface area contributed by atoms with Crippen LogP contribution in [0.15, 0.2) is 11.0 Å². The highest BCUT2D eigenvalue weighted by Crippen LogP contribution is 2.30. The molecule has 1 rings (SSSR count). The van der Waals surface area contributed by atoms with Crippen LogP contribution in [0.4, 0.5) is 27.8 Å². The molecule has 0 aromatic carbocycles. The van der Waals surface area contributed by atoms with Gasteiger partial charge < -0.3 is 10.1 Å². The van der Waals surface area contributed by atoms with Crippen LogP contribution < -0.4 is 5.43 Å². The minimum Gasteiger partial charge on any atom is -0.358 e. The van der Waals surface area contributed by atoms with Crippen molar-refractivity contribution >= 4 is 5.82 Å². The first-order valence-electron chi connectivity index (χ1n) is 3.91. The lowest BCUT2D eigenvalue weighted by molar-refractivity contribution is -0.391. The zero-order valence-corrected chi connectivity index (χ0v) is 7.72. The molecule has 17 heavy (non-hydrogen) atoms. The summed E-state index contributed by atoms with van der Waals surface area (Å²) < 4.78 is 61.2. The van der Waals surface area contributed by atoms with Gasteiger partial charge in [-0.15, -0.1) is 0 Å². The number of hydrogen-bond acceptors (Lipinski definition) is 3. The smallest absolute Gasteiger partial charge is 0.358 e. The Labute approximate surface area is 89.0 Å². The predicted molar refractivity (Wildman–Crippen MR) is 43.7 cm³/mol. The van der Waals surface area contributed by atoms with E-state index < -0.39 is 39.9 Å². The number of nitro groups is 1. The summed E-state index contributed by atoms with van der Waals surface area (Å²) in [5.41, 5.74) is -5.80. The van der Waals surface area contributed by atoms with E-state index in [1.165, 1.54) is 4.98 Å². The van der Waals surface area contributed by atoms with Gasteiger partial charge in [-0.05, 0) is 4.92 Å². The Morgan fingerprint density at radius 2 is 1.88 bits per heavy atom. The molecule has 0 atom stereocenters. The van der Waals surface area contributed by atoms with Crippen molar-refractivity contribution in [2.75, 3.05) is 0 Å². The van der Waals surface area contributed by atoms with Gasteiger partial charge in [0.05, 0.1) is 0 Å². The normalized spacial score (nSPS) is 11.9. The second kappa shape index (κ2) is 4.11. The molecule has 5 nitrogen and oxygen atoms in total. The lowest BCUT2D eigenvalue weighted by Crippen LogP contribution is -2.24. The molecule has 0 saturated heterocycles. The first kappa shape index (κ1) is 13.1. The molecular weight excluding hydrogens is 255 g/mol. The van der Waals surface area contributed by atoms with Crippen molar-refractivity contribution in [1.82, 2.24) is 4.98 Å². The zero-order valence-electron chi connectivity index (χ0n) is 7.72. The SMILES string of the molecule is O=c1c(C(F)(F)F)c[nH]c([N+](=O)[O-])c1C(F)F. The highest BCUT2D eigenvalue weighted by molar-refractivity contribution is 5.37. The summed E-state index contributed by atoms with van der Waals surface area (Å²) in [4.78, 5) is 21.4. The molecule has 0 aliphatic heterocycles. The third-order valence-electron chi connectivity index (χ3n) is 1.80. The van der Waals surface area contributed by atoms with E-state index >= 15 is 0 Å². The van der Waals surface area contributed by atoms with Crippen LogP contribution in [-0.4, -0.2) is 9.91 Å². The summed E-state index contributed by atoms with van der Waals surface area (Å²) >= 11 is 0. The molecule has 1 heterocycles. The molecule has 0 radical (unpaired) electrons. The molecule has 1 N–H and O–H groups in total. The summed E-state index contributed by atoms with van der Waals surface area (Å²) in [5.74, 6) is -1.45. The summed E-state index contributed by atoms with van der Waals surface area (Å²) in [6, 6.07) is 0. The Hall–Kier alpha value is -2.00. The van der Waals surface area contributed by atoms with Gasteiger partial charge in [0.2, 0.25) is 5.43 Å². The van der Waals surface area contributed by atoms with Crippen LogP contribution >= 0.6 is 0 Å². The first-order chi connectivity index (χ1) is 7.66. The van der Waals surface area contributed by atoms with Gasteiger partial charge in [0.1, 0.15) is 11.8 Å². The second-order valence-corrected chi connectivity index (χ2v) is 2.85. The predicted octanol–water partition coefficient (Wildman–Crippen LogP) is 2.24. The standard InChI is InChI=1S/C7H3F5N2O3/c8-5(9)3-4(15)2(7(10,11)12)1-13-6(3)14(16)17/h1,5H,(H,13,15). The molecule has 94 valence electrons. The molecule has 0 saturated carbocycles. The van der Waals surface area contributed by atoms with Crippen molar-refractivity contribution in [3.05, 3.63) is 37.7 Å². The van der Waals surface area contributed by atoms with E-state index in [0.29, 0.717) is 0 Å². The number of aromatic nitrogens is 1. The number of hydrogen-bond donors (Lipinski definition) is 1. The fraction of sp³-hybridized carbons (Fsp3) is 0.286. The fourth-order valence-electron chi connectivity index (χ4n) is 1.10. The van der Waals surface area contributed by atoms with E-state index in [9.17, 15) is 36.9 Å². The fourth-order valence-corrected chi connectivity index (χ4v) is 1.10. The van der Waals surface area contributed by atoms with Crippen LogP contribution in [0.2, 0.25) is 0 Å². The highest BCUT2D eigenvalue weighted by atomic mass is 19.4. The lowest BCUT2D eigenvalue weighted by Gasteiger charge is -2.07. The van der Waals surface area contributed by atoms with E-state index in [-0.39, 0.29) is 6.20 Å². The van der Waals surface area contributed by atoms with Gasteiger partial charge in [0.25, 0.3) is 6.43 Å². The minimum atomic E-state index is -5.16. The molecule has 0 spiro atoms. The molecule has 10 heteroatoms. The molecule has 0 fully saturated rings. The number of halogens is 5. The van der Waals surface area contributed by atoms with Crippen LogP contribution in [0.3, 0.4) is 0 Å². The van der Waals surface area contributed by atoms with Gasteiger partial charge >= 0.3 is 12.0 Å². The first-order valence-corrected chi connectivity index (χ1v) is 3.91. The van der Waals surface area contributed by atoms with Crippen molar-refractivity contribution in [2.45, 2.75) is 12.6 Å². The van der Waals surface area contributed by atoms with Gasteiger partial charge in [-0.3, -0.25) is 4.79 Å². The maximum absolute atomic E-state index is 12.3. The van der Waals surface area contributed by atoms with Crippen molar-refractivity contribution in [3.63, 3.8) is 0 Å². The molecular formula is C7H3F5N2O3. The zero-order chi connectivity index (χ0) is 13.4. The van der Waals surface area contributed by atoms with Crippen molar-refractivity contribution in [1.29, 1.82) is 0 Å².